The Bertz CT molecular complexity index is 1460. The van der Waals surface area contributed by atoms with E-state index in [4.69, 9.17) is 17.3 Å². The van der Waals surface area contributed by atoms with Crippen molar-refractivity contribution in [3.05, 3.63) is 86.4 Å². The molecule has 1 atom stereocenters. The van der Waals surface area contributed by atoms with Gasteiger partial charge in [-0.1, -0.05) is 35.9 Å². The SMILES string of the molecule is Cc1nnc(CN)n1-c1sc2c(c1Cc1ccccc1Cl)C[C@H](C(=O)NCc1ccc(OC(F)F)nc1)C2. The van der Waals surface area contributed by atoms with Crippen LogP contribution in [0.5, 0.6) is 5.88 Å². The smallest absolute Gasteiger partial charge is 0.388 e. The van der Waals surface area contributed by atoms with E-state index in [2.05, 4.69) is 25.2 Å². The number of ether oxygens (including phenoxy) is 1. The van der Waals surface area contributed by atoms with Crippen LogP contribution >= 0.6 is 22.9 Å². The van der Waals surface area contributed by atoms with Crippen LogP contribution in [-0.4, -0.2) is 32.3 Å². The zero-order valence-electron chi connectivity index (χ0n) is 20.5. The van der Waals surface area contributed by atoms with Crippen molar-refractivity contribution in [3.8, 4) is 10.9 Å². The number of nitrogens with two attached hydrogens (primary N) is 1. The van der Waals surface area contributed by atoms with Gasteiger partial charge in [0, 0.05) is 41.0 Å². The van der Waals surface area contributed by atoms with Gasteiger partial charge >= 0.3 is 6.61 Å². The molecule has 0 bridgehead atoms. The van der Waals surface area contributed by atoms with Crippen molar-refractivity contribution in [2.45, 2.75) is 45.9 Å². The summed E-state index contributed by atoms with van der Waals surface area (Å²) in [6.45, 7) is -0.545. The minimum absolute atomic E-state index is 0.0744. The van der Waals surface area contributed by atoms with E-state index in [1.165, 1.54) is 12.3 Å². The summed E-state index contributed by atoms with van der Waals surface area (Å²) in [5.74, 6) is 0.961. The van der Waals surface area contributed by atoms with Gasteiger partial charge in [-0.3, -0.25) is 9.36 Å². The van der Waals surface area contributed by atoms with Crippen LogP contribution in [0, 0.1) is 12.8 Å². The number of thiophene rings is 1. The number of benzene rings is 1. The Balaban J connectivity index is 1.36. The van der Waals surface area contributed by atoms with Crippen LogP contribution in [0.1, 0.15) is 38.8 Å². The number of alkyl halides is 2. The number of halogens is 3. The quantitative estimate of drug-likeness (QED) is 0.316. The van der Waals surface area contributed by atoms with Crippen molar-refractivity contribution in [1.82, 2.24) is 25.1 Å². The molecule has 38 heavy (non-hydrogen) atoms. The number of rotatable bonds is 9. The maximum atomic E-state index is 13.1. The summed E-state index contributed by atoms with van der Waals surface area (Å²) in [5.41, 5.74) is 9.89. The Kier molecular flexibility index (Phi) is 7.68. The fourth-order valence-corrected chi connectivity index (χ4v) is 6.37. The molecule has 3 heterocycles. The third-order valence-electron chi connectivity index (χ3n) is 6.51. The lowest BCUT2D eigenvalue weighted by Crippen LogP contribution is -2.30. The molecular weight excluding hydrogens is 534 g/mol. The Morgan fingerprint density at radius 1 is 1.26 bits per heavy atom. The molecule has 1 aliphatic carbocycles. The molecule has 0 unspecified atom stereocenters. The number of carbonyl (C=O) groups is 1. The molecule has 198 valence electrons. The van der Waals surface area contributed by atoms with Crippen molar-refractivity contribution >= 4 is 28.8 Å². The number of amides is 1. The van der Waals surface area contributed by atoms with Gasteiger partial charge < -0.3 is 15.8 Å². The summed E-state index contributed by atoms with van der Waals surface area (Å²) < 4.78 is 30.9. The highest BCUT2D eigenvalue weighted by Crippen LogP contribution is 2.42. The first-order valence-corrected chi connectivity index (χ1v) is 13.2. The summed E-state index contributed by atoms with van der Waals surface area (Å²) in [7, 11) is 0. The highest BCUT2D eigenvalue weighted by Gasteiger charge is 2.34. The number of nitrogens with one attached hydrogen (secondary N) is 1. The van der Waals surface area contributed by atoms with Crippen LogP contribution in [0.4, 0.5) is 8.78 Å². The van der Waals surface area contributed by atoms with E-state index in [0.717, 1.165) is 32.4 Å². The average molecular weight is 559 g/mol. The van der Waals surface area contributed by atoms with Crippen LogP contribution < -0.4 is 15.8 Å². The normalized spacial score (nSPS) is 14.6. The Hall–Kier alpha value is -3.41. The lowest BCUT2D eigenvalue weighted by atomic mass is 9.99. The second-order valence-electron chi connectivity index (χ2n) is 8.96. The van der Waals surface area contributed by atoms with Gasteiger partial charge in [0.05, 0.1) is 6.54 Å². The molecule has 3 aromatic heterocycles. The second kappa shape index (κ2) is 11.1. The Morgan fingerprint density at radius 2 is 2.08 bits per heavy atom. The van der Waals surface area contributed by atoms with Gasteiger partial charge in [0.1, 0.15) is 10.8 Å². The summed E-state index contributed by atoms with van der Waals surface area (Å²) in [4.78, 5) is 18.1. The molecule has 0 saturated heterocycles. The summed E-state index contributed by atoms with van der Waals surface area (Å²) in [6.07, 6.45) is 3.22. The molecule has 1 aromatic carbocycles. The van der Waals surface area contributed by atoms with Gasteiger partial charge in [0.15, 0.2) is 5.82 Å². The number of pyridine rings is 1. The molecule has 1 aliphatic rings. The van der Waals surface area contributed by atoms with E-state index in [1.54, 1.807) is 17.4 Å². The summed E-state index contributed by atoms with van der Waals surface area (Å²) in [5, 5.41) is 13.1. The van der Waals surface area contributed by atoms with Gasteiger partial charge in [0.2, 0.25) is 11.8 Å². The predicted octanol–water partition coefficient (Wildman–Crippen LogP) is 4.37. The van der Waals surface area contributed by atoms with Gasteiger partial charge in [-0.2, -0.15) is 8.78 Å². The van der Waals surface area contributed by atoms with Crippen LogP contribution in [0.15, 0.2) is 42.6 Å². The number of aryl methyl sites for hydroxylation is 1. The second-order valence-corrected chi connectivity index (χ2v) is 10.5. The molecule has 4 aromatic rings. The van der Waals surface area contributed by atoms with E-state index in [-0.39, 0.29) is 30.8 Å². The van der Waals surface area contributed by atoms with E-state index >= 15 is 0 Å². The van der Waals surface area contributed by atoms with E-state index in [0.29, 0.717) is 35.7 Å². The minimum Gasteiger partial charge on any atom is -0.417 e. The molecule has 8 nitrogen and oxygen atoms in total. The number of nitrogens with zero attached hydrogens (tertiary/aromatic N) is 4. The molecule has 0 radical (unpaired) electrons. The zero-order valence-corrected chi connectivity index (χ0v) is 22.0. The standard InChI is InChI=1S/C26H25ClF2N6O2S/c1-14-33-34-22(11-30)35(14)25-19(8-16-4-2-3-5-20(16)27)18-9-17(10-21(18)38-25)24(36)32-13-15-6-7-23(31-12-15)37-26(28)29/h2-7,12,17,26H,8-11,13,30H2,1H3,(H,32,36)/t17-/m0/s1. The van der Waals surface area contributed by atoms with Crippen LogP contribution in [0.3, 0.4) is 0 Å². The number of carbonyl (C=O) groups excluding carboxylic acids is 1. The highest BCUT2D eigenvalue weighted by molar-refractivity contribution is 7.15. The van der Waals surface area contributed by atoms with Crippen LogP contribution in [0.25, 0.3) is 5.00 Å². The van der Waals surface area contributed by atoms with Gasteiger partial charge in [-0.05, 0) is 48.1 Å². The average Bonchev–Trinajstić information content (AvgIpc) is 3.57. The van der Waals surface area contributed by atoms with E-state index < -0.39 is 6.61 Å². The molecule has 0 saturated carbocycles. The maximum absolute atomic E-state index is 13.1. The lowest BCUT2D eigenvalue weighted by Gasteiger charge is -2.14. The van der Waals surface area contributed by atoms with Crippen molar-refractivity contribution in [2.75, 3.05) is 0 Å². The van der Waals surface area contributed by atoms with Crippen molar-refractivity contribution < 1.29 is 18.3 Å². The fraction of sp³-hybridized carbons (Fsp3) is 0.308. The molecule has 1 amide bonds. The van der Waals surface area contributed by atoms with Gasteiger partial charge in [-0.15, -0.1) is 21.5 Å². The number of hydrogen-bond donors (Lipinski definition) is 2. The summed E-state index contributed by atoms with van der Waals surface area (Å²) >= 11 is 8.15. The molecule has 0 spiro atoms. The fourth-order valence-electron chi connectivity index (χ4n) is 4.67. The van der Waals surface area contributed by atoms with E-state index in [1.807, 2.05) is 35.8 Å². The lowest BCUT2D eigenvalue weighted by molar-refractivity contribution is -0.124. The third kappa shape index (κ3) is 5.40. The molecule has 12 heteroatoms. The molecule has 3 N–H and O–H groups in total. The Labute approximate surface area is 226 Å². The molecular formula is C26H25ClF2N6O2S. The first-order valence-electron chi connectivity index (χ1n) is 12.0. The predicted molar refractivity (Wildman–Crippen MR) is 140 cm³/mol. The summed E-state index contributed by atoms with van der Waals surface area (Å²) in [6, 6.07) is 10.7. The number of hydrogen-bond acceptors (Lipinski definition) is 7. The van der Waals surface area contributed by atoms with Crippen LogP contribution in [0.2, 0.25) is 5.02 Å². The Morgan fingerprint density at radius 3 is 2.79 bits per heavy atom. The third-order valence-corrected chi connectivity index (χ3v) is 8.16. The first kappa shape index (κ1) is 26.2. The zero-order chi connectivity index (χ0) is 26.8. The molecule has 0 fully saturated rings. The molecule has 0 aliphatic heterocycles. The van der Waals surface area contributed by atoms with Crippen LogP contribution in [-0.2, 0) is 37.1 Å². The molecule has 5 rings (SSSR count). The number of aromatic nitrogens is 4. The largest absolute Gasteiger partial charge is 0.417 e. The number of fused-ring (bicyclic) bond motifs is 1. The van der Waals surface area contributed by atoms with Crippen molar-refractivity contribution in [2.24, 2.45) is 11.7 Å². The highest BCUT2D eigenvalue weighted by atomic mass is 35.5. The maximum Gasteiger partial charge on any atom is 0.388 e. The van der Waals surface area contributed by atoms with Gasteiger partial charge in [0.25, 0.3) is 0 Å². The van der Waals surface area contributed by atoms with Crippen molar-refractivity contribution in [3.63, 3.8) is 0 Å². The first-order chi connectivity index (χ1) is 18.3. The van der Waals surface area contributed by atoms with Crippen molar-refractivity contribution in [1.29, 1.82) is 0 Å². The van der Waals surface area contributed by atoms with Gasteiger partial charge in [-0.25, -0.2) is 4.98 Å². The van der Waals surface area contributed by atoms with E-state index in [9.17, 15) is 13.6 Å². The monoisotopic (exact) mass is 558 g/mol. The topological polar surface area (TPSA) is 108 Å². The minimum atomic E-state index is -2.93.